The molecule has 2 amide bonds. The van der Waals surface area contributed by atoms with E-state index in [4.69, 9.17) is 27.9 Å². The van der Waals surface area contributed by atoms with Gasteiger partial charge in [0.05, 0.1) is 21.7 Å². The lowest BCUT2D eigenvalue weighted by atomic mass is 9.94. The van der Waals surface area contributed by atoms with Gasteiger partial charge in [-0.2, -0.15) is 0 Å². The monoisotopic (exact) mass is 378 g/mol. The zero-order chi connectivity index (χ0) is 18.2. The van der Waals surface area contributed by atoms with Crippen LogP contribution in [0.4, 0.5) is 11.4 Å². The van der Waals surface area contributed by atoms with Crippen LogP contribution in [0.2, 0.25) is 10.0 Å². The highest BCUT2D eigenvalue weighted by molar-refractivity contribution is 6.37. The number of carbonyl (C=O) groups excluding carboxylic acids is 2. The van der Waals surface area contributed by atoms with Crippen molar-refractivity contribution in [1.82, 2.24) is 0 Å². The van der Waals surface area contributed by atoms with E-state index in [2.05, 4.69) is 10.6 Å². The van der Waals surface area contributed by atoms with Crippen LogP contribution in [0.5, 0.6) is 5.75 Å². The highest BCUT2D eigenvalue weighted by atomic mass is 35.5. The molecule has 25 heavy (non-hydrogen) atoms. The third-order valence-electron chi connectivity index (χ3n) is 3.87. The third kappa shape index (κ3) is 3.72. The number of halogens is 2. The van der Waals surface area contributed by atoms with Crippen molar-refractivity contribution < 1.29 is 14.3 Å². The molecule has 0 saturated carbocycles. The molecule has 0 saturated heterocycles. The third-order valence-corrected chi connectivity index (χ3v) is 4.41. The summed E-state index contributed by atoms with van der Waals surface area (Å²) in [6.45, 7) is 3.85. The Morgan fingerprint density at radius 3 is 2.68 bits per heavy atom. The van der Waals surface area contributed by atoms with Crippen LogP contribution in [0, 0.1) is 5.41 Å². The summed E-state index contributed by atoms with van der Waals surface area (Å²) in [7, 11) is 0. The van der Waals surface area contributed by atoms with Gasteiger partial charge < -0.3 is 15.4 Å². The van der Waals surface area contributed by atoms with Crippen LogP contribution in [0.25, 0.3) is 0 Å². The molecule has 130 valence electrons. The first-order valence-corrected chi connectivity index (χ1v) is 8.36. The van der Waals surface area contributed by atoms with Crippen LogP contribution < -0.4 is 15.4 Å². The number of amides is 2. The molecule has 3 rings (SSSR count). The molecular formula is C18H16Cl2N2O3. The Labute approximate surface area is 155 Å². The number of nitrogens with one attached hydrogen (secondary N) is 2. The minimum atomic E-state index is -0.640. The first-order chi connectivity index (χ1) is 11.8. The zero-order valence-electron chi connectivity index (χ0n) is 13.7. The first kappa shape index (κ1) is 17.6. The minimum Gasteiger partial charge on any atom is -0.490 e. The number of ether oxygens (including phenoxy) is 1. The molecule has 0 aromatic heterocycles. The number of fused-ring (bicyclic) bond motifs is 1. The molecule has 2 N–H and O–H groups in total. The predicted octanol–water partition coefficient (Wildman–Crippen LogP) is 4.60. The summed E-state index contributed by atoms with van der Waals surface area (Å²) in [5.74, 6) is 0.0227. The van der Waals surface area contributed by atoms with Gasteiger partial charge in [-0.1, -0.05) is 23.2 Å². The lowest BCUT2D eigenvalue weighted by Gasteiger charge is -2.18. The standard InChI is InChI=1S/C18H16Cl2N2O3/c1-18(2)9-25-15-8-11(4-6-14(15)22-17(18)24)21-16(23)12-5-3-10(19)7-13(12)20/h3-8H,9H2,1-2H3,(H,21,23)(H,22,24). The number of hydrogen-bond donors (Lipinski definition) is 2. The van der Waals surface area contributed by atoms with E-state index in [1.807, 2.05) is 0 Å². The maximum atomic E-state index is 12.4. The van der Waals surface area contributed by atoms with Gasteiger partial charge in [-0.05, 0) is 44.2 Å². The summed E-state index contributed by atoms with van der Waals surface area (Å²) in [6, 6.07) is 9.70. The molecule has 0 bridgehead atoms. The summed E-state index contributed by atoms with van der Waals surface area (Å²) in [4.78, 5) is 24.5. The molecule has 5 nitrogen and oxygen atoms in total. The fraction of sp³-hybridized carbons (Fsp3) is 0.222. The topological polar surface area (TPSA) is 67.4 Å². The van der Waals surface area contributed by atoms with Crippen molar-refractivity contribution >= 4 is 46.4 Å². The van der Waals surface area contributed by atoms with E-state index in [9.17, 15) is 9.59 Å². The summed E-state index contributed by atoms with van der Waals surface area (Å²) in [5.41, 5.74) is 0.775. The van der Waals surface area contributed by atoms with Gasteiger partial charge in [0, 0.05) is 16.8 Å². The maximum absolute atomic E-state index is 12.4. The smallest absolute Gasteiger partial charge is 0.257 e. The molecule has 1 aliphatic rings. The minimum absolute atomic E-state index is 0.115. The van der Waals surface area contributed by atoms with Crippen molar-refractivity contribution in [2.45, 2.75) is 13.8 Å². The highest BCUT2D eigenvalue weighted by Crippen LogP contribution is 2.34. The average molecular weight is 379 g/mol. The van der Waals surface area contributed by atoms with Crippen molar-refractivity contribution in [2.75, 3.05) is 17.2 Å². The van der Waals surface area contributed by atoms with E-state index >= 15 is 0 Å². The molecule has 0 unspecified atom stereocenters. The largest absolute Gasteiger partial charge is 0.490 e. The van der Waals surface area contributed by atoms with Crippen molar-refractivity contribution in [3.05, 3.63) is 52.0 Å². The van der Waals surface area contributed by atoms with Crippen LogP contribution in [0.1, 0.15) is 24.2 Å². The normalized spacial score (nSPS) is 15.4. The molecule has 2 aromatic carbocycles. The Morgan fingerprint density at radius 1 is 1.20 bits per heavy atom. The van der Waals surface area contributed by atoms with Crippen molar-refractivity contribution in [2.24, 2.45) is 5.41 Å². The Hall–Kier alpha value is -2.24. The molecule has 0 atom stereocenters. The second-order valence-electron chi connectivity index (χ2n) is 6.42. The van der Waals surface area contributed by atoms with Crippen LogP contribution >= 0.6 is 23.2 Å². The van der Waals surface area contributed by atoms with Gasteiger partial charge in [0.1, 0.15) is 12.4 Å². The van der Waals surface area contributed by atoms with E-state index < -0.39 is 5.41 Å². The van der Waals surface area contributed by atoms with E-state index in [1.54, 1.807) is 44.2 Å². The molecule has 1 aliphatic heterocycles. The van der Waals surface area contributed by atoms with E-state index in [0.29, 0.717) is 27.7 Å². The number of benzene rings is 2. The van der Waals surface area contributed by atoms with Crippen molar-refractivity contribution in [3.63, 3.8) is 0 Å². The van der Waals surface area contributed by atoms with Gasteiger partial charge in [-0.15, -0.1) is 0 Å². The molecule has 2 aromatic rings. The summed E-state index contributed by atoms with van der Waals surface area (Å²) < 4.78 is 5.72. The van der Waals surface area contributed by atoms with Crippen LogP contribution in [-0.2, 0) is 4.79 Å². The van der Waals surface area contributed by atoms with Crippen LogP contribution in [0.15, 0.2) is 36.4 Å². The Bertz CT molecular complexity index is 865. The Morgan fingerprint density at radius 2 is 1.96 bits per heavy atom. The van der Waals surface area contributed by atoms with Crippen molar-refractivity contribution in [3.8, 4) is 5.75 Å². The van der Waals surface area contributed by atoms with Gasteiger partial charge in [-0.3, -0.25) is 9.59 Å². The van der Waals surface area contributed by atoms with E-state index in [-0.39, 0.29) is 23.4 Å². The van der Waals surface area contributed by atoms with E-state index in [1.165, 1.54) is 6.07 Å². The second-order valence-corrected chi connectivity index (χ2v) is 7.26. The molecule has 1 heterocycles. The molecule has 0 radical (unpaired) electrons. The summed E-state index contributed by atoms with van der Waals surface area (Å²) >= 11 is 11.9. The van der Waals surface area contributed by atoms with Crippen molar-refractivity contribution in [1.29, 1.82) is 0 Å². The lowest BCUT2D eigenvalue weighted by molar-refractivity contribution is -0.124. The molecule has 0 aliphatic carbocycles. The first-order valence-electron chi connectivity index (χ1n) is 7.61. The maximum Gasteiger partial charge on any atom is 0.257 e. The van der Waals surface area contributed by atoms with Gasteiger partial charge in [-0.25, -0.2) is 0 Å². The lowest BCUT2D eigenvalue weighted by Crippen LogP contribution is -2.33. The highest BCUT2D eigenvalue weighted by Gasteiger charge is 2.32. The fourth-order valence-corrected chi connectivity index (χ4v) is 2.80. The molecule has 0 spiro atoms. The molecule has 7 heteroatoms. The second kappa shape index (κ2) is 6.58. The van der Waals surface area contributed by atoms with Gasteiger partial charge >= 0.3 is 0 Å². The Balaban J connectivity index is 1.82. The average Bonchev–Trinajstić information content (AvgIpc) is 2.64. The number of carbonyl (C=O) groups is 2. The quantitative estimate of drug-likeness (QED) is 0.801. The van der Waals surface area contributed by atoms with Gasteiger partial charge in [0.2, 0.25) is 5.91 Å². The number of anilines is 2. The zero-order valence-corrected chi connectivity index (χ0v) is 15.2. The number of hydrogen-bond acceptors (Lipinski definition) is 3. The Kier molecular flexibility index (Phi) is 4.62. The molecular weight excluding hydrogens is 363 g/mol. The predicted molar refractivity (Wildman–Crippen MR) is 98.8 cm³/mol. The summed E-state index contributed by atoms with van der Waals surface area (Å²) in [6.07, 6.45) is 0. The van der Waals surface area contributed by atoms with Crippen LogP contribution in [-0.4, -0.2) is 18.4 Å². The summed E-state index contributed by atoms with van der Waals surface area (Å²) in [5, 5.41) is 6.31. The fourth-order valence-electron chi connectivity index (χ4n) is 2.31. The van der Waals surface area contributed by atoms with E-state index in [0.717, 1.165) is 0 Å². The number of rotatable bonds is 2. The van der Waals surface area contributed by atoms with Gasteiger partial charge in [0.25, 0.3) is 5.91 Å². The SMILES string of the molecule is CC1(C)COc2cc(NC(=O)c3ccc(Cl)cc3Cl)ccc2NC1=O. The van der Waals surface area contributed by atoms with Gasteiger partial charge in [0.15, 0.2) is 0 Å². The molecule has 0 fully saturated rings. The van der Waals surface area contributed by atoms with Crippen LogP contribution in [0.3, 0.4) is 0 Å².